The van der Waals surface area contributed by atoms with Gasteiger partial charge in [-0.1, -0.05) is 26.0 Å². The van der Waals surface area contributed by atoms with Crippen LogP contribution in [0.15, 0.2) is 34.6 Å². The van der Waals surface area contributed by atoms with E-state index >= 15 is 0 Å². The highest BCUT2D eigenvalue weighted by atomic mass is 127. The molecule has 1 aromatic heterocycles. The first-order valence-electron chi connectivity index (χ1n) is 6.80. The average Bonchev–Trinajstić information content (AvgIpc) is 2.94. The van der Waals surface area contributed by atoms with E-state index in [0.717, 1.165) is 29.2 Å². The van der Waals surface area contributed by atoms with Gasteiger partial charge in [0.2, 0.25) is 0 Å². The van der Waals surface area contributed by atoms with Crippen LogP contribution in [0.3, 0.4) is 0 Å². The summed E-state index contributed by atoms with van der Waals surface area (Å²) in [5.41, 5.74) is 9.11. The molecule has 3 N–H and O–H groups in total. The van der Waals surface area contributed by atoms with Crippen molar-refractivity contribution in [2.45, 2.75) is 33.2 Å². The van der Waals surface area contributed by atoms with Crippen LogP contribution in [0.2, 0.25) is 0 Å². The number of rotatable bonds is 5. The molecular weight excluding hydrogens is 395 g/mol. The Morgan fingerprint density at radius 1 is 1.24 bits per heavy atom. The number of nitrogens with two attached hydrogens (primary N) is 1. The van der Waals surface area contributed by atoms with Gasteiger partial charge in [0.15, 0.2) is 5.96 Å². The second-order valence-corrected chi connectivity index (χ2v) is 5.41. The number of thiazole rings is 1. The molecule has 0 saturated heterocycles. The van der Waals surface area contributed by atoms with Crippen LogP contribution in [0.25, 0.3) is 0 Å². The number of guanidine groups is 1. The maximum Gasteiger partial charge on any atom is 0.193 e. The minimum absolute atomic E-state index is 0. The van der Waals surface area contributed by atoms with E-state index in [2.05, 4.69) is 41.3 Å². The fourth-order valence-corrected chi connectivity index (χ4v) is 2.50. The first kappa shape index (κ1) is 17.9. The number of aliphatic imine (C=N–C) groups is 1. The van der Waals surface area contributed by atoms with Gasteiger partial charge in [-0.3, -0.25) is 0 Å². The Labute approximate surface area is 146 Å². The molecule has 0 bridgehead atoms. The number of anilines is 1. The van der Waals surface area contributed by atoms with E-state index in [-0.39, 0.29) is 24.0 Å². The summed E-state index contributed by atoms with van der Waals surface area (Å²) in [6.07, 6.45) is 2.00. The molecule has 4 nitrogen and oxygen atoms in total. The lowest BCUT2D eigenvalue weighted by molar-refractivity contribution is 0.969. The minimum Gasteiger partial charge on any atom is -0.370 e. The number of nitrogens with one attached hydrogen (secondary N) is 1. The Morgan fingerprint density at radius 3 is 2.52 bits per heavy atom. The van der Waals surface area contributed by atoms with Gasteiger partial charge in [0, 0.05) is 11.1 Å². The largest absolute Gasteiger partial charge is 0.370 e. The molecule has 1 heterocycles. The van der Waals surface area contributed by atoms with Gasteiger partial charge in [-0.25, -0.2) is 9.98 Å². The first-order valence-corrected chi connectivity index (χ1v) is 7.68. The summed E-state index contributed by atoms with van der Waals surface area (Å²) in [5.74, 6) is 0.417. The Kier molecular flexibility index (Phi) is 7.66. The molecule has 0 radical (unpaired) electrons. The SMILES string of the molecule is CCc1ccc(NC(N)=NCc2csc(CC)n2)cc1.I. The summed E-state index contributed by atoms with van der Waals surface area (Å²) < 4.78 is 0. The fraction of sp³-hybridized carbons (Fsp3) is 0.333. The molecule has 0 atom stereocenters. The Bertz CT molecular complexity index is 578. The lowest BCUT2D eigenvalue weighted by Gasteiger charge is -2.06. The topological polar surface area (TPSA) is 63.3 Å². The molecule has 114 valence electrons. The molecule has 0 saturated carbocycles. The Morgan fingerprint density at radius 2 is 1.95 bits per heavy atom. The molecule has 0 amide bonds. The molecule has 0 spiro atoms. The number of hydrogen-bond acceptors (Lipinski definition) is 3. The Hall–Kier alpha value is -1.15. The van der Waals surface area contributed by atoms with Crippen LogP contribution in [-0.2, 0) is 19.4 Å². The van der Waals surface area contributed by atoms with Crippen molar-refractivity contribution in [3.05, 3.63) is 45.9 Å². The van der Waals surface area contributed by atoms with Crippen molar-refractivity contribution in [3.8, 4) is 0 Å². The summed E-state index contributed by atoms with van der Waals surface area (Å²) in [5, 5.41) is 6.26. The maximum atomic E-state index is 5.88. The van der Waals surface area contributed by atoms with Crippen LogP contribution in [-0.4, -0.2) is 10.9 Å². The van der Waals surface area contributed by atoms with Gasteiger partial charge in [0.05, 0.1) is 17.2 Å². The standard InChI is InChI=1S/C15H20N4S.HI/c1-3-11-5-7-12(8-6-11)19-15(16)17-9-13-10-20-14(4-2)18-13;/h5-8,10H,3-4,9H2,1-2H3,(H3,16,17,19);1H. The second kappa shape index (κ2) is 8.99. The molecule has 6 heteroatoms. The number of aromatic nitrogens is 1. The van der Waals surface area contributed by atoms with Crippen molar-refractivity contribution >= 4 is 47.0 Å². The van der Waals surface area contributed by atoms with E-state index in [9.17, 15) is 0 Å². The first-order chi connectivity index (χ1) is 9.71. The van der Waals surface area contributed by atoms with Crippen molar-refractivity contribution in [2.24, 2.45) is 10.7 Å². The van der Waals surface area contributed by atoms with E-state index in [1.807, 2.05) is 17.5 Å². The molecule has 2 rings (SSSR count). The summed E-state index contributed by atoms with van der Waals surface area (Å²) in [7, 11) is 0. The zero-order chi connectivity index (χ0) is 14.4. The number of hydrogen-bond donors (Lipinski definition) is 2. The maximum absolute atomic E-state index is 5.88. The lowest BCUT2D eigenvalue weighted by atomic mass is 10.1. The van der Waals surface area contributed by atoms with Crippen molar-refractivity contribution in [3.63, 3.8) is 0 Å². The predicted octanol–water partition coefficient (Wildman–Crippen LogP) is 3.81. The van der Waals surface area contributed by atoms with Crippen molar-refractivity contribution in [2.75, 3.05) is 5.32 Å². The van der Waals surface area contributed by atoms with E-state index in [1.54, 1.807) is 11.3 Å². The number of halogens is 1. The van der Waals surface area contributed by atoms with Crippen LogP contribution >= 0.6 is 35.3 Å². The van der Waals surface area contributed by atoms with Gasteiger partial charge in [0.1, 0.15) is 0 Å². The number of nitrogens with zero attached hydrogens (tertiary/aromatic N) is 2. The van der Waals surface area contributed by atoms with E-state index in [1.165, 1.54) is 5.56 Å². The van der Waals surface area contributed by atoms with Crippen LogP contribution in [0, 0.1) is 0 Å². The average molecular weight is 416 g/mol. The lowest BCUT2D eigenvalue weighted by Crippen LogP contribution is -2.22. The summed E-state index contributed by atoms with van der Waals surface area (Å²) >= 11 is 1.67. The molecule has 0 fully saturated rings. The van der Waals surface area contributed by atoms with E-state index in [0.29, 0.717) is 12.5 Å². The molecule has 0 aliphatic carbocycles. The quantitative estimate of drug-likeness (QED) is 0.443. The van der Waals surface area contributed by atoms with Crippen molar-refractivity contribution < 1.29 is 0 Å². The van der Waals surface area contributed by atoms with Crippen molar-refractivity contribution in [1.29, 1.82) is 0 Å². The van der Waals surface area contributed by atoms with Crippen LogP contribution in [0.1, 0.15) is 30.1 Å². The Balaban J connectivity index is 0.00000220. The van der Waals surface area contributed by atoms with Crippen LogP contribution in [0.4, 0.5) is 5.69 Å². The third kappa shape index (κ3) is 5.62. The second-order valence-electron chi connectivity index (χ2n) is 4.46. The van der Waals surface area contributed by atoms with Gasteiger partial charge in [0.25, 0.3) is 0 Å². The minimum atomic E-state index is 0. The molecular formula is C15H21IN4S. The fourth-order valence-electron chi connectivity index (χ4n) is 1.76. The van der Waals surface area contributed by atoms with Gasteiger partial charge >= 0.3 is 0 Å². The molecule has 0 aliphatic heterocycles. The van der Waals surface area contributed by atoms with Crippen molar-refractivity contribution in [1.82, 2.24) is 4.98 Å². The highest BCUT2D eigenvalue weighted by molar-refractivity contribution is 14.0. The molecule has 21 heavy (non-hydrogen) atoms. The normalized spacial score (nSPS) is 11.0. The van der Waals surface area contributed by atoms with E-state index in [4.69, 9.17) is 5.73 Å². The van der Waals surface area contributed by atoms with Gasteiger partial charge in [-0.2, -0.15) is 0 Å². The third-order valence-electron chi connectivity index (χ3n) is 2.95. The highest BCUT2D eigenvalue weighted by Gasteiger charge is 2.00. The molecule has 0 unspecified atom stereocenters. The summed E-state index contributed by atoms with van der Waals surface area (Å²) in [6.45, 7) is 4.75. The zero-order valence-corrected chi connectivity index (χ0v) is 15.4. The monoisotopic (exact) mass is 416 g/mol. The molecule has 1 aromatic carbocycles. The number of aryl methyl sites for hydroxylation is 2. The van der Waals surface area contributed by atoms with E-state index < -0.39 is 0 Å². The van der Waals surface area contributed by atoms with Gasteiger partial charge in [-0.05, 0) is 30.5 Å². The third-order valence-corrected chi connectivity index (χ3v) is 3.99. The van der Waals surface area contributed by atoms with Crippen LogP contribution in [0.5, 0.6) is 0 Å². The predicted molar refractivity (Wildman–Crippen MR) is 102 cm³/mol. The number of benzene rings is 1. The van der Waals surface area contributed by atoms with Crippen LogP contribution < -0.4 is 11.1 Å². The highest BCUT2D eigenvalue weighted by Crippen LogP contribution is 2.12. The van der Waals surface area contributed by atoms with Gasteiger partial charge < -0.3 is 11.1 Å². The summed E-state index contributed by atoms with van der Waals surface area (Å²) in [6, 6.07) is 8.20. The summed E-state index contributed by atoms with van der Waals surface area (Å²) in [4.78, 5) is 8.77. The zero-order valence-electron chi connectivity index (χ0n) is 12.3. The molecule has 2 aromatic rings. The van der Waals surface area contributed by atoms with Gasteiger partial charge in [-0.15, -0.1) is 35.3 Å². The smallest absolute Gasteiger partial charge is 0.193 e. The molecule has 0 aliphatic rings.